The third-order valence-electron chi connectivity index (χ3n) is 6.74. The lowest BCUT2D eigenvalue weighted by Gasteiger charge is -2.20. The topological polar surface area (TPSA) is 17.1 Å². The number of carbonyl (C=O) groups is 1. The molecule has 0 aliphatic rings. The molecule has 0 heterocycles. The second-order valence-corrected chi connectivity index (χ2v) is 9.21. The predicted molar refractivity (Wildman–Crippen MR) is 142 cm³/mol. The van der Waals surface area contributed by atoms with E-state index < -0.39 is 0 Å². The third-order valence-corrected chi connectivity index (χ3v) is 6.74. The van der Waals surface area contributed by atoms with Crippen molar-refractivity contribution in [2.75, 3.05) is 0 Å². The highest BCUT2D eigenvalue weighted by molar-refractivity contribution is 5.80. The lowest BCUT2D eigenvalue weighted by atomic mass is 9.83. The molecule has 0 aliphatic heterocycles. The maximum atomic E-state index is 13.4. The highest BCUT2D eigenvalue weighted by Gasteiger charge is 2.21. The quantitative estimate of drug-likeness (QED) is 0.214. The minimum atomic E-state index is 0.249. The summed E-state index contributed by atoms with van der Waals surface area (Å²) >= 11 is 0. The fourth-order valence-corrected chi connectivity index (χ4v) is 4.83. The maximum Gasteiger partial charge on any atom is 0.134 e. The van der Waals surface area contributed by atoms with Crippen molar-refractivity contribution >= 4 is 5.78 Å². The Hall–Kier alpha value is -3.45. The summed E-state index contributed by atoms with van der Waals surface area (Å²) in [5.74, 6) is 0.864. The molecule has 0 aromatic heterocycles. The SMILES string of the molecule is O=C(CC(CCc1ccccc1)c1ccccc1)CC(CCc1ccccc1)c1ccccc1. The van der Waals surface area contributed by atoms with E-state index in [0.717, 1.165) is 25.7 Å². The molecular formula is C33H34O. The third kappa shape index (κ3) is 7.28. The summed E-state index contributed by atoms with van der Waals surface area (Å²) in [4.78, 5) is 13.4. The Bertz CT molecular complexity index is 1010. The second-order valence-electron chi connectivity index (χ2n) is 9.21. The number of carbonyl (C=O) groups excluding carboxylic acids is 1. The van der Waals surface area contributed by atoms with Gasteiger partial charge in [-0.05, 0) is 59.8 Å². The first-order chi connectivity index (χ1) is 16.8. The van der Waals surface area contributed by atoms with Crippen LogP contribution in [0.1, 0.15) is 59.8 Å². The number of hydrogen-bond acceptors (Lipinski definition) is 1. The lowest BCUT2D eigenvalue weighted by molar-refractivity contribution is -0.119. The summed E-state index contributed by atoms with van der Waals surface area (Å²) < 4.78 is 0. The number of Topliss-reactive ketones (excluding diaryl/α,β-unsaturated/α-hetero) is 1. The minimum Gasteiger partial charge on any atom is -0.300 e. The van der Waals surface area contributed by atoms with Crippen LogP contribution in [0.4, 0.5) is 0 Å². The van der Waals surface area contributed by atoms with Gasteiger partial charge in [0.15, 0.2) is 0 Å². The summed E-state index contributed by atoms with van der Waals surface area (Å²) in [5.41, 5.74) is 5.21. The smallest absolute Gasteiger partial charge is 0.134 e. The van der Waals surface area contributed by atoms with Crippen molar-refractivity contribution < 1.29 is 4.79 Å². The molecule has 0 aliphatic carbocycles. The monoisotopic (exact) mass is 446 g/mol. The largest absolute Gasteiger partial charge is 0.300 e. The van der Waals surface area contributed by atoms with Gasteiger partial charge in [0.05, 0.1) is 0 Å². The van der Waals surface area contributed by atoms with Gasteiger partial charge in [0.25, 0.3) is 0 Å². The second kappa shape index (κ2) is 12.7. The molecule has 0 fully saturated rings. The van der Waals surface area contributed by atoms with E-state index in [1.54, 1.807) is 0 Å². The van der Waals surface area contributed by atoms with Crippen molar-refractivity contribution in [3.05, 3.63) is 144 Å². The predicted octanol–water partition coefficient (Wildman–Crippen LogP) is 8.17. The van der Waals surface area contributed by atoms with Crippen LogP contribution < -0.4 is 0 Å². The van der Waals surface area contributed by atoms with Crippen molar-refractivity contribution in [2.24, 2.45) is 0 Å². The Kier molecular flexibility index (Phi) is 8.85. The molecule has 4 rings (SSSR count). The van der Waals surface area contributed by atoms with Crippen LogP contribution in [0, 0.1) is 0 Å². The molecule has 0 amide bonds. The van der Waals surface area contributed by atoms with Gasteiger partial charge in [-0.25, -0.2) is 0 Å². The van der Waals surface area contributed by atoms with Crippen LogP contribution in [-0.2, 0) is 17.6 Å². The lowest BCUT2D eigenvalue weighted by Crippen LogP contribution is -2.13. The zero-order valence-corrected chi connectivity index (χ0v) is 19.9. The number of benzene rings is 4. The van der Waals surface area contributed by atoms with Crippen LogP contribution in [0.3, 0.4) is 0 Å². The molecule has 0 N–H and O–H groups in total. The molecule has 34 heavy (non-hydrogen) atoms. The van der Waals surface area contributed by atoms with E-state index in [9.17, 15) is 4.79 Å². The Morgan fingerprint density at radius 3 is 1.15 bits per heavy atom. The van der Waals surface area contributed by atoms with Crippen LogP contribution in [0.15, 0.2) is 121 Å². The van der Waals surface area contributed by atoms with Gasteiger partial charge in [0, 0.05) is 12.8 Å². The Morgan fingerprint density at radius 2 is 0.794 bits per heavy atom. The Balaban J connectivity index is 1.44. The van der Waals surface area contributed by atoms with Gasteiger partial charge in [0.1, 0.15) is 5.78 Å². The van der Waals surface area contributed by atoms with Gasteiger partial charge >= 0.3 is 0 Å². The zero-order chi connectivity index (χ0) is 23.4. The number of aryl methyl sites for hydroxylation is 2. The summed E-state index contributed by atoms with van der Waals surface area (Å²) in [5, 5.41) is 0. The maximum absolute atomic E-state index is 13.4. The normalized spacial score (nSPS) is 12.7. The van der Waals surface area contributed by atoms with Crippen LogP contribution in [0.5, 0.6) is 0 Å². The molecule has 2 unspecified atom stereocenters. The highest BCUT2D eigenvalue weighted by atomic mass is 16.1. The van der Waals surface area contributed by atoms with E-state index in [0.29, 0.717) is 18.6 Å². The van der Waals surface area contributed by atoms with Crippen molar-refractivity contribution in [3.8, 4) is 0 Å². The van der Waals surface area contributed by atoms with Crippen LogP contribution in [-0.4, -0.2) is 5.78 Å². The number of ketones is 1. The van der Waals surface area contributed by atoms with Gasteiger partial charge in [-0.15, -0.1) is 0 Å². The summed E-state index contributed by atoms with van der Waals surface area (Å²) in [6.45, 7) is 0. The van der Waals surface area contributed by atoms with Crippen molar-refractivity contribution in [1.29, 1.82) is 0 Å². The number of hydrogen-bond donors (Lipinski definition) is 0. The van der Waals surface area contributed by atoms with E-state index in [1.807, 2.05) is 0 Å². The first-order valence-corrected chi connectivity index (χ1v) is 12.5. The molecule has 4 aromatic rings. The van der Waals surface area contributed by atoms with Crippen LogP contribution >= 0.6 is 0 Å². The molecule has 172 valence electrons. The van der Waals surface area contributed by atoms with E-state index >= 15 is 0 Å². The fraction of sp³-hybridized carbons (Fsp3) is 0.242. The molecule has 0 bridgehead atoms. The first kappa shape index (κ1) is 23.7. The van der Waals surface area contributed by atoms with Gasteiger partial charge in [0.2, 0.25) is 0 Å². The Labute approximate surface area is 204 Å². The van der Waals surface area contributed by atoms with Crippen molar-refractivity contribution in [1.82, 2.24) is 0 Å². The van der Waals surface area contributed by atoms with E-state index in [-0.39, 0.29) is 11.8 Å². The molecule has 1 nitrogen and oxygen atoms in total. The van der Waals surface area contributed by atoms with Gasteiger partial charge in [-0.2, -0.15) is 0 Å². The van der Waals surface area contributed by atoms with Crippen LogP contribution in [0.25, 0.3) is 0 Å². The first-order valence-electron chi connectivity index (χ1n) is 12.5. The molecule has 2 atom stereocenters. The van der Waals surface area contributed by atoms with E-state index in [4.69, 9.17) is 0 Å². The summed E-state index contributed by atoms with van der Waals surface area (Å²) in [7, 11) is 0. The Morgan fingerprint density at radius 1 is 0.471 bits per heavy atom. The average Bonchev–Trinajstić information content (AvgIpc) is 2.91. The summed E-state index contributed by atoms with van der Waals surface area (Å²) in [6.07, 6.45) is 5.16. The zero-order valence-electron chi connectivity index (χ0n) is 19.9. The fourth-order valence-electron chi connectivity index (χ4n) is 4.83. The van der Waals surface area contributed by atoms with E-state index in [2.05, 4.69) is 121 Å². The minimum absolute atomic E-state index is 0.249. The van der Waals surface area contributed by atoms with Crippen molar-refractivity contribution in [3.63, 3.8) is 0 Å². The molecule has 0 saturated heterocycles. The standard InChI is InChI=1S/C33H34O/c34-33(25-31(29-17-9-3-10-18-29)23-21-27-13-5-1-6-14-27)26-32(30-19-11-4-12-20-30)24-22-28-15-7-2-8-16-28/h1-20,31-32H,21-26H2. The molecule has 0 radical (unpaired) electrons. The molecule has 1 heteroatoms. The highest BCUT2D eigenvalue weighted by Crippen LogP contribution is 2.30. The average molecular weight is 447 g/mol. The van der Waals surface area contributed by atoms with Crippen LogP contribution in [0.2, 0.25) is 0 Å². The van der Waals surface area contributed by atoms with Gasteiger partial charge in [-0.3, -0.25) is 4.79 Å². The van der Waals surface area contributed by atoms with Gasteiger partial charge < -0.3 is 0 Å². The molecule has 4 aromatic carbocycles. The number of rotatable bonds is 12. The molecule has 0 spiro atoms. The van der Waals surface area contributed by atoms with E-state index in [1.165, 1.54) is 22.3 Å². The molecule has 0 saturated carbocycles. The molecular weight excluding hydrogens is 412 g/mol. The summed E-state index contributed by atoms with van der Waals surface area (Å²) in [6, 6.07) is 42.3. The van der Waals surface area contributed by atoms with Crippen molar-refractivity contribution in [2.45, 2.75) is 50.4 Å². The van der Waals surface area contributed by atoms with Gasteiger partial charge in [-0.1, -0.05) is 121 Å².